The topological polar surface area (TPSA) is 50.1 Å². The summed E-state index contributed by atoms with van der Waals surface area (Å²) in [5.74, 6) is -0.110. The molecule has 0 heterocycles. The fourth-order valence-corrected chi connectivity index (χ4v) is 2.67. The zero-order valence-corrected chi connectivity index (χ0v) is 11.3. The maximum Gasteiger partial charge on any atom is 0.324 e. The molecule has 3 heteroatoms. The van der Waals surface area contributed by atoms with Crippen LogP contribution in [0.3, 0.4) is 0 Å². The number of rotatable bonds is 6. The van der Waals surface area contributed by atoms with Gasteiger partial charge in [0.2, 0.25) is 0 Å². The van der Waals surface area contributed by atoms with Gasteiger partial charge in [0, 0.05) is 0 Å². The van der Waals surface area contributed by atoms with Crippen molar-refractivity contribution in [3.05, 3.63) is 35.9 Å². The SMILES string of the molecule is [NH]C(C(=O)OCCCc1ccccc1)C1CCCC1. The molecule has 1 fully saturated rings. The van der Waals surface area contributed by atoms with Crippen LogP contribution in [-0.4, -0.2) is 18.6 Å². The Morgan fingerprint density at radius 3 is 2.63 bits per heavy atom. The van der Waals surface area contributed by atoms with E-state index in [1.165, 1.54) is 5.56 Å². The van der Waals surface area contributed by atoms with Gasteiger partial charge in [0.25, 0.3) is 0 Å². The van der Waals surface area contributed by atoms with Gasteiger partial charge in [-0.15, -0.1) is 0 Å². The van der Waals surface area contributed by atoms with Crippen LogP contribution < -0.4 is 5.73 Å². The molecule has 1 N–H and O–H groups in total. The normalized spacial score (nSPS) is 17.3. The molecule has 2 rings (SSSR count). The van der Waals surface area contributed by atoms with Gasteiger partial charge < -0.3 is 4.74 Å². The van der Waals surface area contributed by atoms with Gasteiger partial charge in [-0.1, -0.05) is 43.2 Å². The predicted molar refractivity (Wildman–Crippen MR) is 74.6 cm³/mol. The predicted octanol–water partition coefficient (Wildman–Crippen LogP) is 3.00. The summed E-state index contributed by atoms with van der Waals surface area (Å²) in [5, 5.41) is 0. The van der Waals surface area contributed by atoms with Crippen LogP contribution in [0.4, 0.5) is 0 Å². The van der Waals surface area contributed by atoms with Crippen LogP contribution in [0.15, 0.2) is 30.3 Å². The molecule has 0 aromatic heterocycles. The van der Waals surface area contributed by atoms with E-state index in [0.717, 1.165) is 38.5 Å². The van der Waals surface area contributed by atoms with Gasteiger partial charge in [-0.05, 0) is 37.2 Å². The number of carbonyl (C=O) groups excluding carboxylic acids is 1. The number of hydrogen-bond donors (Lipinski definition) is 0. The Hall–Kier alpha value is -1.35. The van der Waals surface area contributed by atoms with Crippen molar-refractivity contribution in [1.82, 2.24) is 5.73 Å². The molecule has 1 unspecified atom stereocenters. The Morgan fingerprint density at radius 1 is 1.26 bits per heavy atom. The highest BCUT2D eigenvalue weighted by Crippen LogP contribution is 2.27. The van der Waals surface area contributed by atoms with Gasteiger partial charge in [0.15, 0.2) is 0 Å². The summed E-state index contributed by atoms with van der Waals surface area (Å²) in [7, 11) is 0. The second-order valence-electron chi connectivity index (χ2n) is 5.28. The van der Waals surface area contributed by atoms with E-state index in [2.05, 4.69) is 12.1 Å². The maximum atomic E-state index is 11.7. The Bertz CT molecular complexity index is 385. The molecule has 0 amide bonds. The monoisotopic (exact) mass is 260 g/mol. The molecule has 19 heavy (non-hydrogen) atoms. The van der Waals surface area contributed by atoms with Crippen molar-refractivity contribution < 1.29 is 9.53 Å². The van der Waals surface area contributed by atoms with Crippen LogP contribution in [-0.2, 0) is 16.0 Å². The molecule has 103 valence electrons. The number of nitrogens with one attached hydrogen (secondary N) is 1. The number of benzene rings is 1. The minimum absolute atomic E-state index is 0.224. The van der Waals surface area contributed by atoms with Gasteiger partial charge in [-0.25, -0.2) is 5.73 Å². The van der Waals surface area contributed by atoms with Crippen LogP contribution in [0.1, 0.15) is 37.7 Å². The fourth-order valence-electron chi connectivity index (χ4n) is 2.67. The minimum atomic E-state index is -0.667. The minimum Gasteiger partial charge on any atom is -0.464 e. The third kappa shape index (κ3) is 4.35. The number of hydrogen-bond acceptors (Lipinski definition) is 2. The Balaban J connectivity index is 1.63. The first-order chi connectivity index (χ1) is 9.27. The second-order valence-corrected chi connectivity index (χ2v) is 5.28. The molecule has 1 aromatic carbocycles. The first kappa shape index (κ1) is 14.1. The summed E-state index contributed by atoms with van der Waals surface area (Å²) in [6.45, 7) is 0.426. The lowest BCUT2D eigenvalue weighted by Gasteiger charge is -2.16. The number of esters is 1. The summed E-state index contributed by atoms with van der Waals surface area (Å²) in [6.07, 6.45) is 6.07. The smallest absolute Gasteiger partial charge is 0.324 e. The average molecular weight is 260 g/mol. The van der Waals surface area contributed by atoms with Crippen molar-refractivity contribution in [3.8, 4) is 0 Å². The number of carbonyl (C=O) groups is 1. The van der Waals surface area contributed by atoms with Crippen LogP contribution in [0.2, 0.25) is 0 Å². The third-order valence-corrected chi connectivity index (χ3v) is 3.82. The number of ether oxygens (including phenoxy) is 1. The van der Waals surface area contributed by atoms with E-state index in [4.69, 9.17) is 10.5 Å². The van der Waals surface area contributed by atoms with E-state index in [9.17, 15) is 4.79 Å². The van der Waals surface area contributed by atoms with E-state index in [1.807, 2.05) is 18.2 Å². The van der Waals surface area contributed by atoms with Gasteiger partial charge >= 0.3 is 5.97 Å². The van der Waals surface area contributed by atoms with E-state index in [1.54, 1.807) is 0 Å². The lowest BCUT2D eigenvalue weighted by Crippen LogP contribution is -2.31. The molecular weight excluding hydrogens is 238 g/mol. The molecule has 1 saturated carbocycles. The van der Waals surface area contributed by atoms with E-state index >= 15 is 0 Å². The zero-order valence-electron chi connectivity index (χ0n) is 11.3. The van der Waals surface area contributed by atoms with Crippen LogP contribution in [0.5, 0.6) is 0 Å². The summed E-state index contributed by atoms with van der Waals surface area (Å²) in [6, 6.07) is 9.51. The van der Waals surface area contributed by atoms with Gasteiger partial charge in [-0.3, -0.25) is 4.79 Å². The van der Waals surface area contributed by atoms with Gasteiger partial charge in [-0.2, -0.15) is 0 Å². The van der Waals surface area contributed by atoms with Crippen molar-refractivity contribution in [1.29, 1.82) is 0 Å². The van der Waals surface area contributed by atoms with Crippen molar-refractivity contribution in [3.63, 3.8) is 0 Å². The highest BCUT2D eigenvalue weighted by Gasteiger charge is 2.28. The van der Waals surface area contributed by atoms with Gasteiger partial charge in [0.1, 0.15) is 6.04 Å². The van der Waals surface area contributed by atoms with Crippen LogP contribution >= 0.6 is 0 Å². The second kappa shape index (κ2) is 7.29. The Labute approximate surface area is 115 Å². The molecule has 0 aliphatic heterocycles. The molecular formula is C16H22NO2. The molecule has 1 aliphatic rings. The molecule has 3 nitrogen and oxygen atoms in total. The summed E-state index contributed by atoms with van der Waals surface area (Å²) in [4.78, 5) is 11.7. The van der Waals surface area contributed by atoms with E-state index in [-0.39, 0.29) is 11.9 Å². The summed E-state index contributed by atoms with van der Waals surface area (Å²) >= 11 is 0. The van der Waals surface area contributed by atoms with Crippen LogP contribution in [0, 0.1) is 5.92 Å². The Morgan fingerprint density at radius 2 is 1.95 bits per heavy atom. The van der Waals surface area contributed by atoms with Crippen molar-refractivity contribution >= 4 is 5.97 Å². The van der Waals surface area contributed by atoms with E-state index in [0.29, 0.717) is 6.61 Å². The molecule has 0 bridgehead atoms. The average Bonchev–Trinajstić information content (AvgIpc) is 2.98. The first-order valence-electron chi connectivity index (χ1n) is 7.19. The lowest BCUT2D eigenvalue weighted by atomic mass is 9.99. The van der Waals surface area contributed by atoms with Crippen LogP contribution in [0.25, 0.3) is 0 Å². The molecule has 1 aliphatic carbocycles. The van der Waals surface area contributed by atoms with Crippen molar-refractivity contribution in [2.24, 2.45) is 5.92 Å². The molecule has 1 atom stereocenters. The van der Waals surface area contributed by atoms with Gasteiger partial charge in [0.05, 0.1) is 6.61 Å². The first-order valence-corrected chi connectivity index (χ1v) is 7.19. The molecule has 1 radical (unpaired) electrons. The standard InChI is InChI=1S/C16H22NO2/c17-15(14-10-4-5-11-14)16(18)19-12-6-9-13-7-2-1-3-8-13/h1-3,7-8,14-15,17H,4-6,9-12H2. The fraction of sp³-hybridized carbons (Fsp3) is 0.562. The zero-order chi connectivity index (χ0) is 13.5. The number of aryl methyl sites for hydroxylation is 1. The van der Waals surface area contributed by atoms with Crippen molar-refractivity contribution in [2.75, 3.05) is 6.61 Å². The summed E-state index contributed by atoms with van der Waals surface area (Å²) < 4.78 is 5.21. The van der Waals surface area contributed by atoms with E-state index < -0.39 is 6.04 Å². The molecule has 0 spiro atoms. The third-order valence-electron chi connectivity index (χ3n) is 3.82. The quantitative estimate of drug-likeness (QED) is 0.583. The largest absolute Gasteiger partial charge is 0.464 e. The highest BCUT2D eigenvalue weighted by molar-refractivity contribution is 5.75. The summed E-state index contributed by atoms with van der Waals surface area (Å²) in [5.41, 5.74) is 9.16. The Kier molecular flexibility index (Phi) is 5.40. The highest BCUT2D eigenvalue weighted by atomic mass is 16.5. The molecule has 0 saturated heterocycles. The molecule has 1 aromatic rings. The maximum absolute atomic E-state index is 11.7. The lowest BCUT2D eigenvalue weighted by molar-refractivity contribution is -0.146. The van der Waals surface area contributed by atoms with Crippen molar-refractivity contribution in [2.45, 2.75) is 44.6 Å².